The first-order valence-electron chi connectivity index (χ1n) is 7.98. The van der Waals surface area contributed by atoms with Crippen LogP contribution in [0.15, 0.2) is 30.3 Å². The van der Waals surface area contributed by atoms with Crippen LogP contribution in [-0.2, 0) is 4.74 Å². The highest BCUT2D eigenvalue weighted by Gasteiger charge is 1.94. The Bertz CT molecular complexity index is 298. The highest BCUT2D eigenvalue weighted by atomic mass is 16.5. The summed E-state index contributed by atoms with van der Waals surface area (Å²) in [6, 6.07) is 10.0. The van der Waals surface area contributed by atoms with Crippen LogP contribution in [0.1, 0.15) is 51.4 Å². The Morgan fingerprint density at radius 2 is 1.30 bits per heavy atom. The fraction of sp³-hybridized carbons (Fsp3) is 0.611. The summed E-state index contributed by atoms with van der Waals surface area (Å²) in [7, 11) is 0. The minimum atomic E-state index is 0.815. The first kappa shape index (κ1) is 17.0. The lowest BCUT2D eigenvalue weighted by Crippen LogP contribution is -1.99. The Morgan fingerprint density at radius 3 is 1.95 bits per heavy atom. The van der Waals surface area contributed by atoms with E-state index in [2.05, 4.69) is 6.92 Å². The molecule has 0 amide bonds. The number of para-hydroxylation sites is 1. The highest BCUT2D eigenvalue weighted by Crippen LogP contribution is 2.09. The van der Waals surface area contributed by atoms with Crippen molar-refractivity contribution in [3.05, 3.63) is 37.3 Å². The Kier molecular flexibility index (Phi) is 11.1. The molecule has 0 aliphatic carbocycles. The third-order valence-electron chi connectivity index (χ3n) is 3.23. The molecule has 2 nitrogen and oxygen atoms in total. The quantitative estimate of drug-likeness (QED) is 0.470. The summed E-state index contributed by atoms with van der Waals surface area (Å²) in [5.41, 5.74) is 0. The van der Waals surface area contributed by atoms with E-state index in [1.165, 1.54) is 38.5 Å². The van der Waals surface area contributed by atoms with Crippen molar-refractivity contribution in [1.82, 2.24) is 0 Å². The summed E-state index contributed by atoms with van der Waals surface area (Å²) in [6.07, 6.45) is 9.45. The van der Waals surface area contributed by atoms with Crippen molar-refractivity contribution in [2.24, 2.45) is 0 Å². The largest absolute Gasteiger partial charge is 0.494 e. The number of rotatable bonds is 13. The highest BCUT2D eigenvalue weighted by molar-refractivity contribution is 5.20. The van der Waals surface area contributed by atoms with E-state index in [9.17, 15) is 0 Å². The number of hydrogen-bond acceptors (Lipinski definition) is 2. The van der Waals surface area contributed by atoms with E-state index in [-0.39, 0.29) is 0 Å². The number of unbranched alkanes of at least 4 members (excludes halogenated alkanes) is 6. The van der Waals surface area contributed by atoms with Crippen LogP contribution in [-0.4, -0.2) is 19.8 Å². The zero-order valence-corrected chi connectivity index (χ0v) is 12.7. The maximum absolute atomic E-state index is 5.65. The van der Waals surface area contributed by atoms with Gasteiger partial charge in [-0.25, -0.2) is 0 Å². The zero-order valence-electron chi connectivity index (χ0n) is 12.7. The lowest BCUT2D eigenvalue weighted by atomic mass is 10.2. The summed E-state index contributed by atoms with van der Waals surface area (Å²) >= 11 is 0. The monoisotopic (exact) mass is 277 g/mol. The third-order valence-corrected chi connectivity index (χ3v) is 3.23. The molecule has 20 heavy (non-hydrogen) atoms. The zero-order chi connectivity index (χ0) is 14.3. The van der Waals surface area contributed by atoms with Gasteiger partial charge in [0.1, 0.15) is 5.75 Å². The molecular weight excluding hydrogens is 248 g/mol. The molecule has 0 spiro atoms. The maximum Gasteiger partial charge on any atom is 0.119 e. The van der Waals surface area contributed by atoms with Gasteiger partial charge < -0.3 is 9.47 Å². The molecule has 0 bridgehead atoms. The normalized spacial score (nSPS) is 10.7. The summed E-state index contributed by atoms with van der Waals surface area (Å²) in [6.45, 7) is 6.47. The van der Waals surface area contributed by atoms with E-state index in [0.717, 1.165) is 38.4 Å². The molecule has 0 fully saturated rings. The van der Waals surface area contributed by atoms with Crippen molar-refractivity contribution in [2.45, 2.75) is 51.4 Å². The SMILES string of the molecule is [CH2]CCCCCOCCCCCCOc1ccccc1. The number of hydrogen-bond donors (Lipinski definition) is 0. The second-order valence-corrected chi connectivity index (χ2v) is 5.10. The van der Waals surface area contributed by atoms with Gasteiger partial charge in [-0.2, -0.15) is 0 Å². The maximum atomic E-state index is 5.65. The molecule has 1 aromatic rings. The van der Waals surface area contributed by atoms with E-state index in [1.807, 2.05) is 30.3 Å². The van der Waals surface area contributed by atoms with Gasteiger partial charge in [0.2, 0.25) is 0 Å². The Labute approximate surface area is 124 Å². The van der Waals surface area contributed by atoms with Gasteiger partial charge >= 0.3 is 0 Å². The van der Waals surface area contributed by atoms with Crippen LogP contribution in [0, 0.1) is 6.92 Å². The molecule has 0 atom stereocenters. The van der Waals surface area contributed by atoms with Gasteiger partial charge in [-0.1, -0.05) is 50.8 Å². The average Bonchev–Trinajstić information content (AvgIpc) is 2.49. The second kappa shape index (κ2) is 13.0. The molecule has 0 saturated heterocycles. The van der Waals surface area contributed by atoms with Gasteiger partial charge in [-0.05, 0) is 37.8 Å². The molecule has 0 N–H and O–H groups in total. The number of benzene rings is 1. The third kappa shape index (κ3) is 9.85. The lowest BCUT2D eigenvalue weighted by Gasteiger charge is -2.06. The molecule has 0 saturated carbocycles. The van der Waals surface area contributed by atoms with Crippen molar-refractivity contribution in [3.63, 3.8) is 0 Å². The van der Waals surface area contributed by atoms with Crippen molar-refractivity contribution >= 4 is 0 Å². The van der Waals surface area contributed by atoms with Crippen LogP contribution in [0.2, 0.25) is 0 Å². The van der Waals surface area contributed by atoms with Crippen molar-refractivity contribution in [1.29, 1.82) is 0 Å². The minimum Gasteiger partial charge on any atom is -0.494 e. The molecule has 1 aromatic carbocycles. The van der Waals surface area contributed by atoms with E-state index in [0.29, 0.717) is 0 Å². The summed E-state index contributed by atoms with van der Waals surface area (Å²) in [5, 5.41) is 0. The van der Waals surface area contributed by atoms with Crippen molar-refractivity contribution in [3.8, 4) is 5.75 Å². The van der Waals surface area contributed by atoms with Gasteiger partial charge in [0, 0.05) is 13.2 Å². The van der Waals surface area contributed by atoms with Gasteiger partial charge in [0.15, 0.2) is 0 Å². The van der Waals surface area contributed by atoms with Crippen LogP contribution in [0.4, 0.5) is 0 Å². The average molecular weight is 277 g/mol. The Hall–Kier alpha value is -1.02. The second-order valence-electron chi connectivity index (χ2n) is 5.10. The molecule has 113 valence electrons. The Balaban J connectivity index is 1.77. The van der Waals surface area contributed by atoms with E-state index < -0.39 is 0 Å². The molecular formula is C18H29O2. The van der Waals surface area contributed by atoms with Crippen LogP contribution in [0.3, 0.4) is 0 Å². The van der Waals surface area contributed by atoms with Crippen molar-refractivity contribution < 1.29 is 9.47 Å². The summed E-state index contributed by atoms with van der Waals surface area (Å²) in [5.74, 6) is 0.970. The van der Waals surface area contributed by atoms with Gasteiger partial charge in [0.25, 0.3) is 0 Å². The first-order chi connectivity index (χ1) is 9.93. The van der Waals surface area contributed by atoms with Crippen LogP contribution in [0.5, 0.6) is 5.75 Å². The van der Waals surface area contributed by atoms with E-state index in [1.54, 1.807) is 0 Å². The van der Waals surface area contributed by atoms with Gasteiger partial charge in [0.05, 0.1) is 6.61 Å². The molecule has 1 rings (SSSR count). The fourth-order valence-corrected chi connectivity index (χ4v) is 2.03. The summed E-state index contributed by atoms with van der Waals surface area (Å²) in [4.78, 5) is 0. The molecule has 0 aromatic heterocycles. The van der Waals surface area contributed by atoms with Crippen LogP contribution >= 0.6 is 0 Å². The summed E-state index contributed by atoms with van der Waals surface area (Å²) < 4.78 is 11.3. The Morgan fingerprint density at radius 1 is 0.700 bits per heavy atom. The first-order valence-corrected chi connectivity index (χ1v) is 7.98. The van der Waals surface area contributed by atoms with Gasteiger partial charge in [-0.3, -0.25) is 0 Å². The van der Waals surface area contributed by atoms with E-state index >= 15 is 0 Å². The van der Waals surface area contributed by atoms with Crippen LogP contribution < -0.4 is 4.74 Å². The van der Waals surface area contributed by atoms with Crippen LogP contribution in [0.25, 0.3) is 0 Å². The predicted molar refractivity (Wildman–Crippen MR) is 85.0 cm³/mol. The molecule has 0 aliphatic rings. The molecule has 0 heterocycles. The predicted octanol–water partition coefficient (Wildman–Crippen LogP) is 5.04. The topological polar surface area (TPSA) is 18.5 Å². The molecule has 0 unspecified atom stereocenters. The minimum absolute atomic E-state index is 0.815. The molecule has 2 heteroatoms. The standard InChI is InChI=1S/C18H29O2/c1-2-3-4-10-15-19-16-11-5-6-12-17-20-18-13-8-7-9-14-18/h7-9,13-14H,1-6,10-12,15-17H2. The molecule has 0 aliphatic heterocycles. The number of ether oxygens (including phenoxy) is 2. The van der Waals surface area contributed by atoms with Gasteiger partial charge in [-0.15, -0.1) is 0 Å². The van der Waals surface area contributed by atoms with E-state index in [4.69, 9.17) is 9.47 Å². The smallest absolute Gasteiger partial charge is 0.119 e. The van der Waals surface area contributed by atoms with Crippen molar-refractivity contribution in [2.75, 3.05) is 19.8 Å². The fourth-order valence-electron chi connectivity index (χ4n) is 2.03. The lowest BCUT2D eigenvalue weighted by molar-refractivity contribution is 0.125. The molecule has 1 radical (unpaired) electrons.